The highest BCUT2D eigenvalue weighted by molar-refractivity contribution is 5.87. The number of alkyl halides is 3. The van der Waals surface area contributed by atoms with Gasteiger partial charge in [0.1, 0.15) is 5.78 Å². The fraction of sp³-hybridized carbons (Fsp3) is 0.250. The van der Waals surface area contributed by atoms with Crippen LogP contribution in [0.1, 0.15) is 23.1 Å². The molecule has 0 aliphatic carbocycles. The summed E-state index contributed by atoms with van der Waals surface area (Å²) in [5.41, 5.74) is 7.31. The van der Waals surface area contributed by atoms with E-state index in [-0.39, 0.29) is 36.6 Å². The van der Waals surface area contributed by atoms with E-state index >= 15 is 0 Å². The average molecular weight is 397 g/mol. The van der Waals surface area contributed by atoms with Crippen molar-refractivity contribution in [2.24, 2.45) is 5.73 Å². The first kappa shape index (κ1) is 21.0. The molecule has 0 amide bonds. The van der Waals surface area contributed by atoms with E-state index in [0.29, 0.717) is 6.42 Å². The highest BCUT2D eigenvalue weighted by Gasteiger charge is 2.32. The van der Waals surface area contributed by atoms with Crippen LogP contribution in [-0.2, 0) is 23.8 Å². The standard InChI is InChI=1S/C20H19F3N2O.ClH/c21-20(22,23)16-7-3-1-5-13(16)9-10-19(26)17(24)11-14-12-25-18-8-4-2-6-15(14)18;/h1-8,12,17,25H,9-11,24H2;1H. The normalized spacial score (nSPS) is 12.6. The third kappa shape index (κ3) is 4.90. The second kappa shape index (κ2) is 8.59. The summed E-state index contributed by atoms with van der Waals surface area (Å²) in [7, 11) is 0. The Morgan fingerprint density at radius 3 is 2.44 bits per heavy atom. The molecule has 0 bridgehead atoms. The Hall–Kier alpha value is -2.31. The molecule has 27 heavy (non-hydrogen) atoms. The van der Waals surface area contributed by atoms with Crippen LogP contribution in [0.4, 0.5) is 13.2 Å². The van der Waals surface area contributed by atoms with Crippen LogP contribution in [0.25, 0.3) is 10.9 Å². The van der Waals surface area contributed by atoms with Gasteiger partial charge in [-0.3, -0.25) is 4.79 Å². The Morgan fingerprint density at radius 1 is 1.04 bits per heavy atom. The van der Waals surface area contributed by atoms with Crippen molar-refractivity contribution in [3.63, 3.8) is 0 Å². The highest BCUT2D eigenvalue weighted by atomic mass is 35.5. The topological polar surface area (TPSA) is 58.9 Å². The Labute approximate surface area is 161 Å². The molecule has 3 nitrogen and oxygen atoms in total. The first-order chi connectivity index (χ1) is 12.4. The maximum atomic E-state index is 13.0. The summed E-state index contributed by atoms with van der Waals surface area (Å²) in [6.45, 7) is 0. The number of carbonyl (C=O) groups is 1. The number of aryl methyl sites for hydroxylation is 1. The first-order valence-corrected chi connectivity index (χ1v) is 8.34. The molecule has 144 valence electrons. The molecule has 3 N–H and O–H groups in total. The fourth-order valence-corrected chi connectivity index (χ4v) is 3.11. The predicted octanol–water partition coefficient (Wildman–Crippen LogP) is 4.68. The van der Waals surface area contributed by atoms with Crippen molar-refractivity contribution < 1.29 is 18.0 Å². The van der Waals surface area contributed by atoms with E-state index in [2.05, 4.69) is 4.98 Å². The van der Waals surface area contributed by atoms with Gasteiger partial charge >= 0.3 is 6.18 Å². The van der Waals surface area contributed by atoms with Gasteiger partial charge in [-0.15, -0.1) is 12.4 Å². The minimum absolute atomic E-state index is 0. The van der Waals surface area contributed by atoms with Crippen molar-refractivity contribution in [2.75, 3.05) is 0 Å². The van der Waals surface area contributed by atoms with Crippen molar-refractivity contribution >= 4 is 29.1 Å². The number of carbonyl (C=O) groups excluding carboxylic acids is 1. The molecule has 1 heterocycles. The van der Waals surface area contributed by atoms with Crippen LogP contribution in [-0.4, -0.2) is 16.8 Å². The monoisotopic (exact) mass is 396 g/mol. The zero-order chi connectivity index (χ0) is 18.7. The number of nitrogens with one attached hydrogen (secondary N) is 1. The smallest absolute Gasteiger partial charge is 0.361 e. The zero-order valence-corrected chi connectivity index (χ0v) is 15.2. The molecule has 7 heteroatoms. The molecule has 0 spiro atoms. The number of H-pyrrole nitrogens is 1. The van der Waals surface area contributed by atoms with Gasteiger partial charge in [-0.25, -0.2) is 0 Å². The minimum Gasteiger partial charge on any atom is -0.361 e. The predicted molar refractivity (Wildman–Crippen MR) is 102 cm³/mol. The van der Waals surface area contributed by atoms with E-state index in [0.717, 1.165) is 22.5 Å². The third-order valence-electron chi connectivity index (χ3n) is 4.49. The van der Waals surface area contributed by atoms with Crippen LogP contribution in [0.2, 0.25) is 0 Å². The lowest BCUT2D eigenvalue weighted by molar-refractivity contribution is -0.138. The molecule has 0 aliphatic heterocycles. The molecule has 1 aromatic heterocycles. The van der Waals surface area contributed by atoms with E-state index in [1.54, 1.807) is 6.07 Å². The van der Waals surface area contributed by atoms with Gasteiger partial charge in [0.05, 0.1) is 11.6 Å². The SMILES string of the molecule is Cl.NC(Cc1c[nH]c2ccccc12)C(=O)CCc1ccccc1C(F)(F)F. The number of nitrogens with two attached hydrogens (primary N) is 1. The number of ketones is 1. The number of aromatic amines is 1. The van der Waals surface area contributed by atoms with Gasteiger partial charge in [0.25, 0.3) is 0 Å². The number of Topliss-reactive ketones (excluding diaryl/α,β-unsaturated/α-hetero) is 1. The number of rotatable bonds is 6. The fourth-order valence-electron chi connectivity index (χ4n) is 3.11. The molecule has 0 radical (unpaired) electrons. The number of fused-ring (bicyclic) bond motifs is 1. The van der Waals surface area contributed by atoms with Gasteiger partial charge in [-0.2, -0.15) is 13.2 Å². The zero-order valence-electron chi connectivity index (χ0n) is 14.4. The van der Waals surface area contributed by atoms with E-state index < -0.39 is 17.8 Å². The maximum absolute atomic E-state index is 13.0. The molecule has 3 rings (SSSR count). The van der Waals surface area contributed by atoms with E-state index in [1.165, 1.54) is 12.1 Å². The van der Waals surface area contributed by atoms with Crippen molar-refractivity contribution in [1.82, 2.24) is 4.98 Å². The minimum atomic E-state index is -4.42. The Morgan fingerprint density at radius 2 is 1.70 bits per heavy atom. The van der Waals surface area contributed by atoms with E-state index in [1.807, 2.05) is 30.5 Å². The summed E-state index contributed by atoms with van der Waals surface area (Å²) in [4.78, 5) is 15.4. The summed E-state index contributed by atoms with van der Waals surface area (Å²) in [6.07, 6.45) is -2.25. The quantitative estimate of drug-likeness (QED) is 0.635. The Balaban J connectivity index is 0.00000261. The largest absolute Gasteiger partial charge is 0.416 e. The Kier molecular flexibility index (Phi) is 6.68. The van der Waals surface area contributed by atoms with Gasteiger partial charge in [0.2, 0.25) is 0 Å². The second-order valence-corrected chi connectivity index (χ2v) is 6.29. The summed E-state index contributed by atoms with van der Waals surface area (Å²) < 4.78 is 39.1. The highest BCUT2D eigenvalue weighted by Crippen LogP contribution is 2.32. The van der Waals surface area contributed by atoms with Crippen LogP contribution < -0.4 is 5.73 Å². The molecule has 2 aromatic carbocycles. The number of hydrogen-bond donors (Lipinski definition) is 2. The number of benzene rings is 2. The summed E-state index contributed by atoms with van der Waals surface area (Å²) in [5, 5.41) is 0.998. The number of halogens is 4. The lowest BCUT2D eigenvalue weighted by atomic mass is 9.96. The van der Waals surface area contributed by atoms with Crippen LogP contribution in [0, 0.1) is 0 Å². The summed E-state index contributed by atoms with van der Waals surface area (Å²) in [5.74, 6) is -0.243. The molecule has 0 saturated carbocycles. The first-order valence-electron chi connectivity index (χ1n) is 8.34. The molecule has 1 atom stereocenters. The Bertz CT molecular complexity index is 921. The van der Waals surface area contributed by atoms with Gasteiger partial charge in [0, 0.05) is 23.5 Å². The lowest BCUT2D eigenvalue weighted by Crippen LogP contribution is -2.33. The number of aromatic nitrogens is 1. The van der Waals surface area contributed by atoms with Gasteiger partial charge in [0.15, 0.2) is 0 Å². The van der Waals surface area contributed by atoms with Crippen LogP contribution in [0.15, 0.2) is 54.7 Å². The summed E-state index contributed by atoms with van der Waals surface area (Å²) in [6, 6.07) is 12.3. The summed E-state index contributed by atoms with van der Waals surface area (Å²) >= 11 is 0. The number of hydrogen-bond acceptors (Lipinski definition) is 2. The van der Waals surface area contributed by atoms with Crippen LogP contribution in [0.5, 0.6) is 0 Å². The molecule has 1 unspecified atom stereocenters. The van der Waals surface area contributed by atoms with E-state index in [9.17, 15) is 18.0 Å². The second-order valence-electron chi connectivity index (χ2n) is 6.29. The van der Waals surface area contributed by atoms with Gasteiger partial charge in [-0.05, 0) is 36.1 Å². The van der Waals surface area contributed by atoms with Gasteiger partial charge in [-0.1, -0.05) is 36.4 Å². The number of para-hydroxylation sites is 1. The van der Waals surface area contributed by atoms with Crippen molar-refractivity contribution in [3.8, 4) is 0 Å². The lowest BCUT2D eigenvalue weighted by Gasteiger charge is -2.14. The molecule has 0 saturated heterocycles. The van der Waals surface area contributed by atoms with Crippen molar-refractivity contribution in [3.05, 3.63) is 71.4 Å². The third-order valence-corrected chi connectivity index (χ3v) is 4.49. The van der Waals surface area contributed by atoms with E-state index in [4.69, 9.17) is 5.73 Å². The molecule has 0 fully saturated rings. The molecular weight excluding hydrogens is 377 g/mol. The van der Waals surface area contributed by atoms with Crippen molar-refractivity contribution in [1.29, 1.82) is 0 Å². The molecule has 3 aromatic rings. The van der Waals surface area contributed by atoms with Crippen LogP contribution in [0.3, 0.4) is 0 Å². The van der Waals surface area contributed by atoms with Crippen LogP contribution >= 0.6 is 12.4 Å². The molecular formula is C20H20ClF3N2O. The van der Waals surface area contributed by atoms with Gasteiger partial charge < -0.3 is 10.7 Å². The molecule has 0 aliphatic rings. The maximum Gasteiger partial charge on any atom is 0.416 e. The van der Waals surface area contributed by atoms with Crippen molar-refractivity contribution in [2.45, 2.75) is 31.5 Å². The average Bonchev–Trinajstić information content (AvgIpc) is 3.02.